The fraction of sp³-hybridized carbons (Fsp3) is 0.250. The molecule has 0 spiro atoms. The number of rotatable bonds is 8. The first-order valence-corrected chi connectivity index (χ1v) is 11.7. The summed E-state index contributed by atoms with van der Waals surface area (Å²) < 4.78 is 11.7. The third-order valence-electron chi connectivity index (χ3n) is 6.05. The number of phenolic OH excluding ortho intramolecular Hbond substituents is 1. The van der Waals surface area contributed by atoms with Crippen molar-refractivity contribution in [2.24, 2.45) is 0 Å². The zero-order valence-corrected chi connectivity index (χ0v) is 20.2. The number of carboxylic acids is 1. The molecular formula is C28H28N2O6. The molecular weight excluding hydrogens is 460 g/mol. The second-order valence-electron chi connectivity index (χ2n) is 8.48. The number of benzene rings is 2. The number of carboxylic acid groups (broad SMARTS) is 1. The summed E-state index contributed by atoms with van der Waals surface area (Å²) in [6.45, 7) is 4.19. The molecule has 1 aliphatic heterocycles. The number of aromatic hydroxyl groups is 1. The topological polar surface area (TPSA) is 113 Å². The molecule has 1 aliphatic rings. The minimum Gasteiger partial charge on any atom is -0.507 e. The summed E-state index contributed by atoms with van der Waals surface area (Å²) in [6, 6.07) is 11.5. The van der Waals surface area contributed by atoms with Gasteiger partial charge in [0.05, 0.1) is 17.9 Å². The van der Waals surface area contributed by atoms with Crippen molar-refractivity contribution in [2.45, 2.75) is 39.3 Å². The Bertz CT molecular complexity index is 1320. The lowest BCUT2D eigenvalue weighted by molar-refractivity contribution is -0.149. The maximum Gasteiger partial charge on any atom is 0.326 e. The molecule has 2 aromatic carbocycles. The predicted molar refractivity (Wildman–Crippen MR) is 134 cm³/mol. The first-order chi connectivity index (χ1) is 17.4. The van der Waals surface area contributed by atoms with Crippen LogP contribution in [0.3, 0.4) is 0 Å². The molecule has 4 rings (SSSR count). The summed E-state index contributed by atoms with van der Waals surface area (Å²) in [5.74, 6) is 0.365. The number of aliphatic carboxylic acids is 1. The molecule has 0 radical (unpaired) electrons. The molecule has 0 fully saturated rings. The first-order valence-electron chi connectivity index (χ1n) is 11.7. The SMILES string of the molecule is C/C=C/C=C/C(=O)N1Cc2cc(OCCc3nc(-c4ccccc4O)oc3C)ccc2C[C@H]1C(=O)O. The Morgan fingerprint density at radius 1 is 1.19 bits per heavy atom. The van der Waals surface area contributed by atoms with E-state index in [-0.39, 0.29) is 24.6 Å². The van der Waals surface area contributed by atoms with E-state index < -0.39 is 12.0 Å². The fourth-order valence-corrected chi connectivity index (χ4v) is 4.14. The molecule has 1 amide bonds. The van der Waals surface area contributed by atoms with Crippen molar-refractivity contribution in [3.63, 3.8) is 0 Å². The van der Waals surface area contributed by atoms with Crippen LogP contribution in [0.25, 0.3) is 11.5 Å². The van der Waals surface area contributed by atoms with Crippen LogP contribution < -0.4 is 4.74 Å². The van der Waals surface area contributed by atoms with E-state index in [0.29, 0.717) is 36.0 Å². The Balaban J connectivity index is 1.44. The van der Waals surface area contributed by atoms with Gasteiger partial charge in [0.25, 0.3) is 0 Å². The number of aryl methyl sites for hydroxylation is 1. The summed E-state index contributed by atoms with van der Waals surface area (Å²) in [5, 5.41) is 19.7. The highest BCUT2D eigenvalue weighted by Gasteiger charge is 2.33. The Morgan fingerprint density at radius 2 is 2.00 bits per heavy atom. The van der Waals surface area contributed by atoms with Crippen molar-refractivity contribution in [3.8, 4) is 23.0 Å². The molecule has 0 unspecified atom stereocenters. The van der Waals surface area contributed by atoms with E-state index in [2.05, 4.69) is 4.98 Å². The Labute approximate surface area is 209 Å². The van der Waals surface area contributed by atoms with Gasteiger partial charge in [0, 0.05) is 25.5 Å². The molecule has 36 heavy (non-hydrogen) atoms. The van der Waals surface area contributed by atoms with Gasteiger partial charge in [-0.15, -0.1) is 0 Å². The summed E-state index contributed by atoms with van der Waals surface area (Å²) in [5.41, 5.74) is 3.01. The molecule has 2 heterocycles. The highest BCUT2D eigenvalue weighted by molar-refractivity contribution is 5.92. The van der Waals surface area contributed by atoms with E-state index in [1.54, 1.807) is 42.5 Å². The molecule has 1 aromatic heterocycles. The average Bonchev–Trinajstić information content (AvgIpc) is 3.23. The Kier molecular flexibility index (Phi) is 7.53. The maximum absolute atomic E-state index is 12.6. The molecule has 2 N–H and O–H groups in total. The van der Waals surface area contributed by atoms with Crippen LogP contribution in [0.2, 0.25) is 0 Å². The summed E-state index contributed by atoms with van der Waals surface area (Å²) in [4.78, 5) is 30.3. The molecule has 8 heteroatoms. The highest BCUT2D eigenvalue weighted by atomic mass is 16.5. The van der Waals surface area contributed by atoms with Gasteiger partial charge in [-0.2, -0.15) is 0 Å². The number of aromatic nitrogens is 1. The van der Waals surface area contributed by atoms with Crippen LogP contribution >= 0.6 is 0 Å². The molecule has 8 nitrogen and oxygen atoms in total. The fourth-order valence-electron chi connectivity index (χ4n) is 4.14. The number of fused-ring (bicyclic) bond motifs is 1. The van der Waals surface area contributed by atoms with Gasteiger partial charge in [-0.25, -0.2) is 9.78 Å². The van der Waals surface area contributed by atoms with Crippen LogP contribution in [0, 0.1) is 6.92 Å². The molecule has 0 saturated heterocycles. The lowest BCUT2D eigenvalue weighted by Crippen LogP contribution is -2.48. The van der Waals surface area contributed by atoms with Gasteiger partial charge in [0.15, 0.2) is 0 Å². The minimum atomic E-state index is -1.03. The van der Waals surface area contributed by atoms with Crippen molar-refractivity contribution < 1.29 is 29.0 Å². The smallest absolute Gasteiger partial charge is 0.326 e. The number of carbonyl (C=O) groups excluding carboxylic acids is 1. The van der Waals surface area contributed by atoms with Crippen molar-refractivity contribution in [1.82, 2.24) is 9.88 Å². The number of allylic oxidation sites excluding steroid dienone is 3. The van der Waals surface area contributed by atoms with Gasteiger partial charge in [-0.3, -0.25) is 4.79 Å². The van der Waals surface area contributed by atoms with Gasteiger partial charge in [0.1, 0.15) is 23.3 Å². The van der Waals surface area contributed by atoms with Crippen molar-refractivity contribution in [3.05, 3.63) is 89.3 Å². The van der Waals surface area contributed by atoms with Gasteiger partial charge < -0.3 is 24.3 Å². The van der Waals surface area contributed by atoms with E-state index >= 15 is 0 Å². The van der Waals surface area contributed by atoms with E-state index in [0.717, 1.165) is 16.8 Å². The zero-order valence-electron chi connectivity index (χ0n) is 20.2. The third kappa shape index (κ3) is 5.49. The van der Waals surface area contributed by atoms with Crippen molar-refractivity contribution >= 4 is 11.9 Å². The lowest BCUT2D eigenvalue weighted by Gasteiger charge is -2.34. The number of phenols is 1. The molecule has 1 atom stereocenters. The van der Waals surface area contributed by atoms with Crippen LogP contribution in [0.4, 0.5) is 0 Å². The number of nitrogens with zero attached hydrogens (tertiary/aromatic N) is 2. The van der Waals surface area contributed by atoms with Crippen LogP contribution in [0.5, 0.6) is 11.5 Å². The zero-order chi connectivity index (χ0) is 25.7. The van der Waals surface area contributed by atoms with Crippen molar-refractivity contribution in [1.29, 1.82) is 0 Å². The minimum absolute atomic E-state index is 0.102. The monoisotopic (exact) mass is 488 g/mol. The number of carbonyl (C=O) groups is 2. The second kappa shape index (κ2) is 10.9. The quantitative estimate of drug-likeness (QED) is 0.356. The van der Waals surface area contributed by atoms with E-state index in [1.807, 2.05) is 32.0 Å². The maximum atomic E-state index is 12.6. The predicted octanol–water partition coefficient (Wildman–Crippen LogP) is 4.45. The molecule has 0 bridgehead atoms. The summed E-state index contributed by atoms with van der Waals surface area (Å²) in [7, 11) is 0. The van der Waals surface area contributed by atoms with Crippen molar-refractivity contribution in [2.75, 3.05) is 6.61 Å². The molecule has 186 valence electrons. The Hall–Kier alpha value is -4.33. The summed E-state index contributed by atoms with van der Waals surface area (Å²) >= 11 is 0. The number of ether oxygens (including phenoxy) is 1. The number of hydrogen-bond acceptors (Lipinski definition) is 6. The largest absolute Gasteiger partial charge is 0.507 e. The normalized spacial score (nSPS) is 15.4. The number of amides is 1. The second-order valence-corrected chi connectivity index (χ2v) is 8.48. The molecule has 0 saturated carbocycles. The molecule has 3 aromatic rings. The highest BCUT2D eigenvalue weighted by Crippen LogP contribution is 2.30. The van der Waals surface area contributed by atoms with Gasteiger partial charge in [-0.05, 0) is 49.2 Å². The standard InChI is InChI=1S/C28H28N2O6/c1-3-4-5-10-26(32)30-17-20-15-21(12-11-19(20)16-24(30)28(33)34)35-14-13-23-18(2)36-27(29-23)22-8-6-7-9-25(22)31/h3-12,15,24,31H,13-14,16-17H2,1-2H3,(H,33,34)/b4-3+,10-5+/t24-/m0/s1. The van der Waals surface area contributed by atoms with Crippen LogP contribution in [-0.4, -0.2) is 44.6 Å². The van der Waals surface area contributed by atoms with Crippen LogP contribution in [0.15, 0.2) is 71.2 Å². The lowest BCUT2D eigenvalue weighted by atomic mass is 9.93. The Morgan fingerprint density at radius 3 is 2.75 bits per heavy atom. The van der Waals surface area contributed by atoms with E-state index in [1.165, 1.54) is 11.0 Å². The van der Waals surface area contributed by atoms with E-state index in [4.69, 9.17) is 9.15 Å². The number of oxazole rings is 1. The summed E-state index contributed by atoms with van der Waals surface area (Å²) in [6.07, 6.45) is 7.24. The first kappa shape index (κ1) is 24.8. The van der Waals surface area contributed by atoms with Gasteiger partial charge >= 0.3 is 5.97 Å². The van der Waals surface area contributed by atoms with Gasteiger partial charge in [0.2, 0.25) is 11.8 Å². The van der Waals surface area contributed by atoms with E-state index in [9.17, 15) is 19.8 Å². The number of hydrogen-bond donors (Lipinski definition) is 2. The van der Waals surface area contributed by atoms with Crippen LogP contribution in [0.1, 0.15) is 29.5 Å². The molecule has 0 aliphatic carbocycles. The third-order valence-corrected chi connectivity index (χ3v) is 6.05. The van der Waals surface area contributed by atoms with Gasteiger partial charge in [-0.1, -0.05) is 36.4 Å². The number of para-hydroxylation sites is 1. The average molecular weight is 489 g/mol. The van der Waals surface area contributed by atoms with Crippen LogP contribution in [-0.2, 0) is 29.0 Å².